The molecule has 3 nitrogen and oxygen atoms in total. The van der Waals surface area contributed by atoms with Crippen LogP contribution in [0.5, 0.6) is 0 Å². The maximum atomic E-state index is 2.72. The third-order valence-corrected chi connectivity index (χ3v) is 16.3. The Bertz CT molecular complexity index is 3060. The largest absolute Gasteiger partial charge is 0.311 e. The summed E-state index contributed by atoms with van der Waals surface area (Å²) in [6, 6.07) is 58.7. The van der Waals surface area contributed by atoms with E-state index in [0.717, 1.165) is 11.8 Å². The van der Waals surface area contributed by atoms with Gasteiger partial charge in [-0.15, -0.1) is 0 Å². The Morgan fingerprint density at radius 1 is 0.500 bits per heavy atom. The molecule has 4 heterocycles. The van der Waals surface area contributed by atoms with Crippen molar-refractivity contribution >= 4 is 79.0 Å². The van der Waals surface area contributed by atoms with Gasteiger partial charge in [-0.25, -0.2) is 0 Å². The van der Waals surface area contributed by atoms with Crippen molar-refractivity contribution in [3.05, 3.63) is 168 Å². The van der Waals surface area contributed by atoms with Gasteiger partial charge in [-0.05, 0) is 149 Å². The maximum Gasteiger partial charge on any atom is 0.252 e. The van der Waals surface area contributed by atoms with Gasteiger partial charge in [-0.1, -0.05) is 118 Å². The van der Waals surface area contributed by atoms with Gasteiger partial charge in [-0.3, -0.25) is 0 Å². The smallest absolute Gasteiger partial charge is 0.252 e. The molecule has 4 saturated carbocycles. The first kappa shape index (κ1) is 33.8. The van der Waals surface area contributed by atoms with Crippen molar-refractivity contribution in [1.82, 2.24) is 4.57 Å². The predicted molar refractivity (Wildman–Crippen MR) is 251 cm³/mol. The van der Waals surface area contributed by atoms with E-state index in [-0.39, 0.29) is 17.5 Å². The van der Waals surface area contributed by atoms with E-state index in [4.69, 9.17) is 0 Å². The second kappa shape index (κ2) is 11.6. The van der Waals surface area contributed by atoms with E-state index < -0.39 is 0 Å². The van der Waals surface area contributed by atoms with Crippen molar-refractivity contribution in [2.45, 2.75) is 63.7 Å². The standard InChI is InChI=1S/C56H48BN3/c1-55(2,3)36-25-26-50-46(32-36)57-45-19-11-18-44-54(45)60(49-22-9-6-17-43(49)56(44)37-28-34-27-35(30-37)31-38(56)29-34)52-24-12-23-51(53(52)57)59(50)40-14-10-13-39(33-40)58-47-20-7-4-15-41(47)42-16-5-8-21-48(42)58/h4-26,32-35,37-38H,27-31H2,1-3H3. The number of hydrogen-bond donors (Lipinski definition) is 0. The molecule has 60 heavy (non-hydrogen) atoms. The van der Waals surface area contributed by atoms with Crippen molar-refractivity contribution in [2.24, 2.45) is 23.7 Å². The van der Waals surface area contributed by atoms with Crippen molar-refractivity contribution in [3.8, 4) is 5.69 Å². The number of benzene rings is 7. The van der Waals surface area contributed by atoms with E-state index in [0.29, 0.717) is 11.8 Å². The highest BCUT2D eigenvalue weighted by Crippen LogP contribution is 2.69. The van der Waals surface area contributed by atoms with Crippen LogP contribution >= 0.6 is 0 Å². The van der Waals surface area contributed by atoms with Crippen LogP contribution < -0.4 is 26.2 Å². The highest BCUT2D eigenvalue weighted by atomic mass is 15.2. The summed E-state index contributed by atoms with van der Waals surface area (Å²) in [5, 5.41) is 2.57. The number of hydrogen-bond acceptors (Lipinski definition) is 2. The molecule has 7 aliphatic rings. The molecule has 290 valence electrons. The Morgan fingerprint density at radius 2 is 1.10 bits per heavy atom. The average molecular weight is 774 g/mol. The molecular weight excluding hydrogens is 725 g/mol. The number of rotatable bonds is 2. The normalized spacial score (nSPS) is 23.9. The summed E-state index contributed by atoms with van der Waals surface area (Å²) >= 11 is 0. The van der Waals surface area contributed by atoms with Crippen LogP contribution in [-0.4, -0.2) is 11.3 Å². The lowest BCUT2D eigenvalue weighted by molar-refractivity contribution is -0.0419. The van der Waals surface area contributed by atoms with Crippen LogP contribution in [0.3, 0.4) is 0 Å². The minimum Gasteiger partial charge on any atom is -0.311 e. The van der Waals surface area contributed by atoms with Crippen LogP contribution in [0.2, 0.25) is 0 Å². The predicted octanol–water partition coefficient (Wildman–Crippen LogP) is 12.2. The van der Waals surface area contributed by atoms with Crippen molar-refractivity contribution < 1.29 is 0 Å². The lowest BCUT2D eigenvalue weighted by atomic mass is 9.32. The minimum absolute atomic E-state index is 0.0102. The number of nitrogens with zero attached hydrogens (tertiary/aromatic N) is 3. The first-order chi connectivity index (χ1) is 29.4. The number of fused-ring (bicyclic) bond motifs is 9. The summed E-state index contributed by atoms with van der Waals surface area (Å²) in [4.78, 5) is 5.30. The van der Waals surface area contributed by atoms with Crippen LogP contribution in [-0.2, 0) is 10.8 Å². The van der Waals surface area contributed by atoms with Gasteiger partial charge in [0.1, 0.15) is 0 Å². The lowest BCUT2D eigenvalue weighted by Gasteiger charge is -2.64. The summed E-state index contributed by atoms with van der Waals surface area (Å²) in [7, 11) is 0. The molecule has 0 saturated heterocycles. The van der Waals surface area contributed by atoms with Gasteiger partial charge >= 0.3 is 0 Å². The molecular formula is C56H48BN3. The van der Waals surface area contributed by atoms with Gasteiger partial charge in [0.2, 0.25) is 0 Å². The zero-order valence-electron chi connectivity index (χ0n) is 34.7. The first-order valence-corrected chi connectivity index (χ1v) is 22.6. The van der Waals surface area contributed by atoms with E-state index in [1.54, 1.807) is 11.1 Å². The fourth-order valence-corrected chi connectivity index (χ4v) is 14.3. The van der Waals surface area contributed by atoms with Crippen LogP contribution in [0.15, 0.2) is 152 Å². The number of anilines is 6. The maximum absolute atomic E-state index is 2.72. The Labute approximate surface area is 353 Å². The molecule has 7 aromatic carbocycles. The molecule has 4 bridgehead atoms. The highest BCUT2D eigenvalue weighted by Gasteiger charge is 2.62. The first-order valence-electron chi connectivity index (χ1n) is 22.6. The second-order valence-electron chi connectivity index (χ2n) is 20.2. The molecule has 3 aliphatic heterocycles. The van der Waals surface area contributed by atoms with Crippen LogP contribution in [0.1, 0.15) is 69.6 Å². The molecule has 4 fully saturated rings. The summed E-state index contributed by atoms with van der Waals surface area (Å²) in [6.07, 6.45) is 7.00. The third-order valence-electron chi connectivity index (χ3n) is 16.3. The molecule has 0 amide bonds. The monoisotopic (exact) mass is 773 g/mol. The Balaban J connectivity index is 1.03. The SMILES string of the molecule is CC(C)(C)c1ccc2c(c1)B1c3cccc4c3N(c3ccccc3C43C4CC5CC(C4)CC3C5)c3cccc(c31)N2c1cccc(-n2c3ccccc3c3ccccc32)c1. The highest BCUT2D eigenvalue weighted by molar-refractivity contribution is 7.00. The van der Waals surface area contributed by atoms with E-state index in [1.807, 2.05) is 0 Å². The fraction of sp³-hybridized carbons (Fsp3) is 0.250. The zero-order chi connectivity index (χ0) is 39.6. The van der Waals surface area contributed by atoms with Gasteiger partial charge in [0, 0.05) is 50.3 Å². The topological polar surface area (TPSA) is 11.4 Å². The van der Waals surface area contributed by atoms with Gasteiger partial charge in [-0.2, -0.15) is 0 Å². The molecule has 0 atom stereocenters. The Kier molecular flexibility index (Phi) is 6.55. The molecule has 0 radical (unpaired) electrons. The quantitative estimate of drug-likeness (QED) is 0.162. The molecule has 8 aromatic rings. The van der Waals surface area contributed by atoms with E-state index in [1.165, 1.54) is 116 Å². The lowest BCUT2D eigenvalue weighted by Crippen LogP contribution is -2.64. The minimum atomic E-state index is 0.0102. The molecule has 15 rings (SSSR count). The van der Waals surface area contributed by atoms with Crippen LogP contribution in [0.25, 0.3) is 27.5 Å². The number of aromatic nitrogens is 1. The Morgan fingerprint density at radius 3 is 1.83 bits per heavy atom. The summed E-state index contributed by atoms with van der Waals surface area (Å²) in [6.45, 7) is 7.22. The van der Waals surface area contributed by atoms with E-state index in [9.17, 15) is 0 Å². The van der Waals surface area contributed by atoms with Crippen LogP contribution in [0.4, 0.5) is 34.1 Å². The summed E-state index contributed by atoms with van der Waals surface area (Å²) in [5.41, 5.74) is 20.6. The zero-order valence-corrected chi connectivity index (χ0v) is 34.7. The molecule has 4 heteroatoms. The fourth-order valence-electron chi connectivity index (χ4n) is 14.3. The molecule has 0 N–H and O–H groups in total. The molecule has 1 spiro atoms. The number of para-hydroxylation sites is 4. The van der Waals surface area contributed by atoms with Gasteiger partial charge in [0.15, 0.2) is 0 Å². The average Bonchev–Trinajstić information content (AvgIpc) is 3.60. The molecule has 0 unspecified atom stereocenters. The molecule has 4 aliphatic carbocycles. The van der Waals surface area contributed by atoms with Gasteiger partial charge in [0.25, 0.3) is 6.71 Å². The second-order valence-corrected chi connectivity index (χ2v) is 20.2. The van der Waals surface area contributed by atoms with Gasteiger partial charge in [0.05, 0.1) is 16.7 Å². The van der Waals surface area contributed by atoms with Crippen LogP contribution in [0, 0.1) is 23.7 Å². The van der Waals surface area contributed by atoms with Crippen molar-refractivity contribution in [2.75, 3.05) is 9.80 Å². The Hall–Kier alpha value is -6.00. The third kappa shape index (κ3) is 4.18. The van der Waals surface area contributed by atoms with Crippen molar-refractivity contribution in [3.63, 3.8) is 0 Å². The van der Waals surface area contributed by atoms with Crippen molar-refractivity contribution in [1.29, 1.82) is 0 Å². The van der Waals surface area contributed by atoms with Gasteiger partial charge < -0.3 is 14.4 Å². The summed E-state index contributed by atoms with van der Waals surface area (Å²) in [5.74, 6) is 3.23. The summed E-state index contributed by atoms with van der Waals surface area (Å²) < 4.78 is 2.45. The van der Waals surface area contributed by atoms with E-state index >= 15 is 0 Å². The molecule has 1 aromatic heterocycles. The van der Waals surface area contributed by atoms with E-state index in [2.05, 4.69) is 187 Å².